The summed E-state index contributed by atoms with van der Waals surface area (Å²) in [6.07, 6.45) is 81.3. The second-order valence-electron chi connectivity index (χ2n) is 24.5. The first-order chi connectivity index (χ1) is 38.5. The van der Waals surface area contributed by atoms with Crippen molar-refractivity contribution in [1.29, 1.82) is 0 Å². The van der Waals surface area contributed by atoms with Crippen molar-refractivity contribution in [3.05, 3.63) is 12.2 Å². The third kappa shape index (κ3) is 65.0. The lowest BCUT2D eigenvalue weighted by Crippen LogP contribution is -2.30. The first kappa shape index (κ1) is 76.1. The number of hydrogen-bond donors (Lipinski definition) is 0. The highest BCUT2D eigenvalue weighted by Crippen LogP contribution is 2.19. The summed E-state index contributed by atoms with van der Waals surface area (Å²) in [7, 11) is 0. The summed E-state index contributed by atoms with van der Waals surface area (Å²) in [5, 5.41) is 0. The molecule has 0 aliphatic rings. The summed E-state index contributed by atoms with van der Waals surface area (Å²) in [6, 6.07) is 0. The molecule has 6 heteroatoms. The zero-order valence-corrected chi connectivity index (χ0v) is 53.2. The van der Waals surface area contributed by atoms with E-state index in [1.165, 1.54) is 308 Å². The summed E-state index contributed by atoms with van der Waals surface area (Å²) in [5.74, 6) is -0.844. The fourth-order valence-corrected chi connectivity index (χ4v) is 11.1. The Balaban J connectivity index is 4.04. The summed E-state index contributed by atoms with van der Waals surface area (Å²) in [4.78, 5) is 38.3. The van der Waals surface area contributed by atoms with E-state index < -0.39 is 6.10 Å². The fourth-order valence-electron chi connectivity index (χ4n) is 11.1. The lowest BCUT2D eigenvalue weighted by Gasteiger charge is -2.18. The van der Waals surface area contributed by atoms with E-state index in [0.29, 0.717) is 19.3 Å². The van der Waals surface area contributed by atoms with E-state index >= 15 is 0 Å². The predicted octanol–water partition coefficient (Wildman–Crippen LogP) is 24.4. The summed E-state index contributed by atoms with van der Waals surface area (Å²) in [5.41, 5.74) is 0. The molecule has 0 aromatic heterocycles. The first-order valence-corrected chi connectivity index (χ1v) is 35.7. The topological polar surface area (TPSA) is 78.9 Å². The Morgan fingerprint density at radius 2 is 0.436 bits per heavy atom. The molecule has 0 radical (unpaired) electrons. The van der Waals surface area contributed by atoms with Gasteiger partial charge in [-0.25, -0.2) is 0 Å². The third-order valence-electron chi connectivity index (χ3n) is 16.5. The van der Waals surface area contributed by atoms with Gasteiger partial charge in [0.05, 0.1) is 0 Å². The van der Waals surface area contributed by atoms with E-state index in [4.69, 9.17) is 14.2 Å². The molecule has 6 nitrogen and oxygen atoms in total. The zero-order chi connectivity index (χ0) is 56.4. The van der Waals surface area contributed by atoms with Gasteiger partial charge in [0.2, 0.25) is 0 Å². The fraction of sp³-hybridized carbons (Fsp3) is 0.931. The number of unbranched alkanes of at least 4 members (excludes halogenated alkanes) is 54. The number of carbonyl (C=O) groups is 3. The minimum Gasteiger partial charge on any atom is -0.462 e. The van der Waals surface area contributed by atoms with Gasteiger partial charge in [-0.1, -0.05) is 367 Å². The van der Waals surface area contributed by atoms with E-state index in [1.807, 2.05) is 0 Å². The molecule has 0 spiro atoms. The molecule has 0 fully saturated rings. The highest BCUT2D eigenvalue weighted by molar-refractivity contribution is 5.71. The molecule has 1 unspecified atom stereocenters. The molecule has 0 saturated heterocycles. The van der Waals surface area contributed by atoms with Crippen molar-refractivity contribution in [1.82, 2.24) is 0 Å². The first-order valence-electron chi connectivity index (χ1n) is 35.7. The van der Waals surface area contributed by atoms with Crippen LogP contribution in [0.1, 0.15) is 412 Å². The molecule has 0 amide bonds. The van der Waals surface area contributed by atoms with Crippen LogP contribution in [0, 0.1) is 0 Å². The van der Waals surface area contributed by atoms with Crippen LogP contribution in [0.2, 0.25) is 0 Å². The van der Waals surface area contributed by atoms with Crippen molar-refractivity contribution in [2.75, 3.05) is 13.2 Å². The minimum atomic E-state index is -0.769. The van der Waals surface area contributed by atoms with E-state index in [9.17, 15) is 14.4 Å². The number of esters is 3. The van der Waals surface area contributed by atoms with Crippen LogP contribution in [0.3, 0.4) is 0 Å². The second kappa shape index (κ2) is 67.7. The quantitative estimate of drug-likeness (QED) is 0.0261. The van der Waals surface area contributed by atoms with Crippen LogP contribution in [0.4, 0.5) is 0 Å². The number of carbonyl (C=O) groups excluding carboxylic acids is 3. The van der Waals surface area contributed by atoms with E-state index in [0.717, 1.165) is 64.2 Å². The van der Waals surface area contributed by atoms with E-state index in [1.54, 1.807) is 0 Å². The molecule has 0 aliphatic heterocycles. The Morgan fingerprint density at radius 3 is 0.679 bits per heavy atom. The van der Waals surface area contributed by atoms with Crippen molar-refractivity contribution in [2.45, 2.75) is 419 Å². The van der Waals surface area contributed by atoms with Crippen molar-refractivity contribution >= 4 is 17.9 Å². The standard InChI is InChI=1S/C72H138O6/c1-4-7-10-13-16-19-22-24-26-28-29-30-31-32-33-34-35-36-37-38-39-40-41-42-44-45-47-50-53-56-59-62-65-71(74)77-68-69(67-76-70(73)64-61-58-55-52-49-21-18-15-12-9-6-3)78-72(75)66-63-60-57-54-51-48-46-43-27-25-23-20-17-14-11-8-5-2/h15,18,69H,4-14,16-17,19-68H2,1-3H3/b18-15-. The van der Waals surface area contributed by atoms with Crippen molar-refractivity contribution in [2.24, 2.45) is 0 Å². The van der Waals surface area contributed by atoms with Gasteiger partial charge < -0.3 is 14.2 Å². The molecule has 0 N–H and O–H groups in total. The highest BCUT2D eigenvalue weighted by Gasteiger charge is 2.19. The molecule has 0 aliphatic carbocycles. The predicted molar refractivity (Wildman–Crippen MR) is 340 cm³/mol. The van der Waals surface area contributed by atoms with Crippen molar-refractivity contribution in [3.8, 4) is 0 Å². The molecule has 78 heavy (non-hydrogen) atoms. The molecule has 0 bridgehead atoms. The van der Waals surface area contributed by atoms with Crippen LogP contribution in [0.15, 0.2) is 12.2 Å². The maximum absolute atomic E-state index is 12.9. The number of ether oxygens (including phenoxy) is 3. The molecule has 0 rings (SSSR count). The Bertz CT molecular complexity index is 1210. The Morgan fingerprint density at radius 1 is 0.244 bits per heavy atom. The van der Waals surface area contributed by atoms with Crippen molar-refractivity contribution in [3.63, 3.8) is 0 Å². The van der Waals surface area contributed by atoms with Gasteiger partial charge in [-0.2, -0.15) is 0 Å². The van der Waals surface area contributed by atoms with Gasteiger partial charge in [-0.15, -0.1) is 0 Å². The molecule has 462 valence electrons. The number of allylic oxidation sites excluding steroid dienone is 2. The van der Waals surface area contributed by atoms with E-state index in [-0.39, 0.29) is 31.1 Å². The lowest BCUT2D eigenvalue weighted by molar-refractivity contribution is -0.167. The van der Waals surface area contributed by atoms with Gasteiger partial charge in [0, 0.05) is 19.3 Å². The lowest BCUT2D eigenvalue weighted by atomic mass is 10.0. The molecule has 0 saturated carbocycles. The second-order valence-corrected chi connectivity index (χ2v) is 24.5. The molecule has 0 heterocycles. The van der Waals surface area contributed by atoms with Gasteiger partial charge in [0.25, 0.3) is 0 Å². The van der Waals surface area contributed by atoms with Gasteiger partial charge in [-0.05, 0) is 38.5 Å². The van der Waals surface area contributed by atoms with Gasteiger partial charge in [0.1, 0.15) is 13.2 Å². The van der Waals surface area contributed by atoms with E-state index in [2.05, 4.69) is 32.9 Å². The molecule has 0 aromatic rings. The highest BCUT2D eigenvalue weighted by atomic mass is 16.6. The van der Waals surface area contributed by atoms with Crippen LogP contribution in [0.25, 0.3) is 0 Å². The van der Waals surface area contributed by atoms with Crippen LogP contribution >= 0.6 is 0 Å². The van der Waals surface area contributed by atoms with Gasteiger partial charge in [0.15, 0.2) is 6.10 Å². The Hall–Kier alpha value is -1.85. The molecule has 0 aromatic carbocycles. The van der Waals surface area contributed by atoms with Crippen LogP contribution < -0.4 is 0 Å². The van der Waals surface area contributed by atoms with Gasteiger partial charge in [-0.3, -0.25) is 14.4 Å². The summed E-state index contributed by atoms with van der Waals surface area (Å²) in [6.45, 7) is 6.68. The average Bonchev–Trinajstić information content (AvgIpc) is 3.44. The molecular weight excluding hydrogens is 961 g/mol. The Kier molecular flexibility index (Phi) is 66.0. The largest absolute Gasteiger partial charge is 0.462 e. The maximum atomic E-state index is 12.9. The normalized spacial score (nSPS) is 12.0. The number of rotatable bonds is 67. The molecule has 1 atom stereocenters. The van der Waals surface area contributed by atoms with Crippen LogP contribution in [0.5, 0.6) is 0 Å². The monoisotopic (exact) mass is 1100 g/mol. The maximum Gasteiger partial charge on any atom is 0.306 e. The smallest absolute Gasteiger partial charge is 0.306 e. The minimum absolute atomic E-state index is 0.0660. The molecular formula is C72H138O6. The summed E-state index contributed by atoms with van der Waals surface area (Å²) >= 11 is 0. The average molecular weight is 1100 g/mol. The third-order valence-corrected chi connectivity index (χ3v) is 16.5. The Labute approximate surface area is 488 Å². The zero-order valence-electron chi connectivity index (χ0n) is 53.2. The van der Waals surface area contributed by atoms with Crippen LogP contribution in [-0.2, 0) is 28.6 Å². The SMILES string of the molecule is CCCC/C=C\CCCCCCCC(=O)OCC(COC(=O)CCCCCCCCCCCCCCCCCCCCCCCCCCCCCCCCCC)OC(=O)CCCCCCCCCCCCCCCCCCC. The van der Waals surface area contributed by atoms with Crippen LogP contribution in [-0.4, -0.2) is 37.2 Å². The summed E-state index contributed by atoms with van der Waals surface area (Å²) < 4.78 is 16.9. The van der Waals surface area contributed by atoms with Crippen molar-refractivity contribution < 1.29 is 28.6 Å². The van der Waals surface area contributed by atoms with Gasteiger partial charge >= 0.3 is 17.9 Å². The number of hydrogen-bond acceptors (Lipinski definition) is 6.